The van der Waals surface area contributed by atoms with Crippen molar-refractivity contribution in [2.24, 2.45) is 0 Å². The molecule has 0 atom stereocenters. The topological polar surface area (TPSA) is 37.8 Å². The highest BCUT2D eigenvalue weighted by Gasteiger charge is 2.04. The van der Waals surface area contributed by atoms with E-state index < -0.39 is 0 Å². The molecule has 0 saturated carbocycles. The Labute approximate surface area is 110 Å². The molecule has 0 radical (unpaired) electrons. The summed E-state index contributed by atoms with van der Waals surface area (Å²) in [6.07, 6.45) is 0. The molecule has 90 valence electrons. The summed E-state index contributed by atoms with van der Waals surface area (Å²) < 4.78 is 0. The summed E-state index contributed by atoms with van der Waals surface area (Å²) in [5.41, 5.74) is 2.80. The van der Waals surface area contributed by atoms with Gasteiger partial charge < -0.3 is 5.32 Å². The first-order chi connectivity index (χ1) is 8.83. The Kier molecular flexibility index (Phi) is 2.94. The van der Waals surface area contributed by atoms with Gasteiger partial charge in [0.1, 0.15) is 5.82 Å². The first-order valence-electron chi connectivity index (χ1n) is 5.82. The van der Waals surface area contributed by atoms with Crippen LogP contribution in [0.3, 0.4) is 0 Å². The van der Waals surface area contributed by atoms with Gasteiger partial charge in [-0.3, -0.25) is 0 Å². The smallest absolute Gasteiger partial charge is 0.148 e. The van der Waals surface area contributed by atoms with Crippen molar-refractivity contribution in [3.8, 4) is 0 Å². The van der Waals surface area contributed by atoms with Crippen LogP contribution >= 0.6 is 11.3 Å². The molecule has 0 aliphatic heterocycles. The van der Waals surface area contributed by atoms with E-state index in [1.165, 1.54) is 4.88 Å². The lowest BCUT2D eigenvalue weighted by Gasteiger charge is -2.08. The Balaban J connectivity index is 1.89. The lowest BCUT2D eigenvalue weighted by molar-refractivity contribution is 1.10. The SMILES string of the molecule is Cc1nc2ccccc2nc1NCc1cccs1. The molecule has 3 nitrogen and oxygen atoms in total. The third-order valence-corrected chi connectivity index (χ3v) is 3.63. The van der Waals surface area contributed by atoms with Gasteiger partial charge in [-0.15, -0.1) is 11.3 Å². The quantitative estimate of drug-likeness (QED) is 0.777. The minimum absolute atomic E-state index is 0.797. The van der Waals surface area contributed by atoms with Gasteiger partial charge in [0.25, 0.3) is 0 Å². The fourth-order valence-corrected chi connectivity index (χ4v) is 2.48. The van der Waals surface area contributed by atoms with Crippen molar-refractivity contribution < 1.29 is 0 Å². The Morgan fingerprint density at radius 2 is 1.83 bits per heavy atom. The summed E-state index contributed by atoms with van der Waals surface area (Å²) >= 11 is 1.74. The molecule has 2 aromatic heterocycles. The van der Waals surface area contributed by atoms with Crippen molar-refractivity contribution in [3.63, 3.8) is 0 Å². The van der Waals surface area contributed by atoms with E-state index in [1.54, 1.807) is 11.3 Å². The van der Waals surface area contributed by atoms with Crippen LogP contribution in [0.1, 0.15) is 10.6 Å². The van der Waals surface area contributed by atoms with Gasteiger partial charge in [-0.25, -0.2) is 9.97 Å². The first kappa shape index (κ1) is 11.2. The van der Waals surface area contributed by atoms with Gasteiger partial charge in [0, 0.05) is 4.88 Å². The minimum atomic E-state index is 0.797. The number of anilines is 1. The molecule has 0 aliphatic carbocycles. The number of benzene rings is 1. The number of nitrogens with one attached hydrogen (secondary N) is 1. The molecule has 0 aliphatic rings. The van der Waals surface area contributed by atoms with Crippen LogP contribution in [0.15, 0.2) is 41.8 Å². The molecule has 0 saturated heterocycles. The Hall–Kier alpha value is -1.94. The van der Waals surface area contributed by atoms with Crippen molar-refractivity contribution >= 4 is 28.2 Å². The number of thiophene rings is 1. The minimum Gasteiger partial charge on any atom is -0.364 e. The highest BCUT2D eigenvalue weighted by Crippen LogP contribution is 2.17. The highest BCUT2D eigenvalue weighted by atomic mass is 32.1. The van der Waals surface area contributed by atoms with Crippen LogP contribution in [-0.4, -0.2) is 9.97 Å². The maximum absolute atomic E-state index is 4.61. The summed E-state index contributed by atoms with van der Waals surface area (Å²) in [6.45, 7) is 2.78. The van der Waals surface area contributed by atoms with E-state index in [4.69, 9.17) is 0 Å². The molecule has 0 fully saturated rings. The average molecular weight is 255 g/mol. The number of aryl methyl sites for hydroxylation is 1. The molecular formula is C14H13N3S. The number of hydrogen-bond donors (Lipinski definition) is 1. The second kappa shape index (κ2) is 4.74. The zero-order valence-corrected chi connectivity index (χ0v) is 10.9. The normalized spacial score (nSPS) is 10.7. The lowest BCUT2D eigenvalue weighted by atomic mass is 10.3. The zero-order valence-electron chi connectivity index (χ0n) is 10.1. The van der Waals surface area contributed by atoms with Crippen LogP contribution in [0.2, 0.25) is 0 Å². The summed E-state index contributed by atoms with van der Waals surface area (Å²) in [5, 5.41) is 5.42. The van der Waals surface area contributed by atoms with E-state index in [9.17, 15) is 0 Å². The lowest BCUT2D eigenvalue weighted by Crippen LogP contribution is -2.03. The number of hydrogen-bond acceptors (Lipinski definition) is 4. The summed E-state index contributed by atoms with van der Waals surface area (Å²) in [7, 11) is 0. The number of rotatable bonds is 3. The van der Waals surface area contributed by atoms with Gasteiger partial charge in [0.05, 0.1) is 23.3 Å². The standard InChI is InChI=1S/C14H13N3S/c1-10-14(15-9-11-5-4-8-18-11)17-13-7-3-2-6-12(13)16-10/h2-8H,9H2,1H3,(H,15,17). The molecule has 4 heteroatoms. The predicted molar refractivity (Wildman–Crippen MR) is 75.9 cm³/mol. The summed E-state index contributed by atoms with van der Waals surface area (Å²) in [5.74, 6) is 0.863. The number of para-hydroxylation sites is 2. The van der Waals surface area contributed by atoms with Crippen LogP contribution in [0.5, 0.6) is 0 Å². The monoisotopic (exact) mass is 255 g/mol. The molecular weight excluding hydrogens is 242 g/mol. The van der Waals surface area contributed by atoms with E-state index >= 15 is 0 Å². The van der Waals surface area contributed by atoms with E-state index in [1.807, 2.05) is 31.2 Å². The molecule has 0 bridgehead atoms. The van der Waals surface area contributed by atoms with Gasteiger partial charge in [-0.2, -0.15) is 0 Å². The van der Waals surface area contributed by atoms with Gasteiger partial charge in [-0.05, 0) is 30.5 Å². The number of nitrogens with zero attached hydrogens (tertiary/aromatic N) is 2. The Morgan fingerprint density at radius 1 is 1.06 bits per heavy atom. The maximum atomic E-state index is 4.61. The number of fused-ring (bicyclic) bond motifs is 1. The average Bonchev–Trinajstić information content (AvgIpc) is 2.89. The van der Waals surface area contributed by atoms with Crippen molar-refractivity contribution in [2.45, 2.75) is 13.5 Å². The van der Waals surface area contributed by atoms with Crippen molar-refractivity contribution in [2.75, 3.05) is 5.32 Å². The third-order valence-electron chi connectivity index (χ3n) is 2.76. The fraction of sp³-hybridized carbons (Fsp3) is 0.143. The van der Waals surface area contributed by atoms with Gasteiger partial charge in [-0.1, -0.05) is 18.2 Å². The molecule has 0 spiro atoms. The number of aromatic nitrogens is 2. The highest BCUT2D eigenvalue weighted by molar-refractivity contribution is 7.09. The predicted octanol–water partition coefficient (Wildman–Crippen LogP) is 3.61. The molecule has 0 amide bonds. The van der Waals surface area contributed by atoms with Gasteiger partial charge >= 0.3 is 0 Å². The van der Waals surface area contributed by atoms with Crippen molar-refractivity contribution in [1.29, 1.82) is 0 Å². The maximum Gasteiger partial charge on any atom is 0.148 e. The second-order valence-electron chi connectivity index (χ2n) is 4.08. The van der Waals surface area contributed by atoms with E-state index in [2.05, 4.69) is 32.8 Å². The third kappa shape index (κ3) is 2.19. The summed E-state index contributed by atoms with van der Waals surface area (Å²) in [4.78, 5) is 10.5. The van der Waals surface area contributed by atoms with Crippen LogP contribution in [0.25, 0.3) is 11.0 Å². The van der Waals surface area contributed by atoms with Crippen LogP contribution in [0, 0.1) is 6.92 Å². The van der Waals surface area contributed by atoms with Crippen molar-refractivity contribution in [1.82, 2.24) is 9.97 Å². The molecule has 1 N–H and O–H groups in total. The largest absolute Gasteiger partial charge is 0.364 e. The molecule has 3 aromatic rings. The molecule has 18 heavy (non-hydrogen) atoms. The first-order valence-corrected chi connectivity index (χ1v) is 6.70. The Morgan fingerprint density at radius 3 is 2.56 bits per heavy atom. The molecule has 2 heterocycles. The molecule has 1 aromatic carbocycles. The molecule has 0 unspecified atom stereocenters. The summed E-state index contributed by atoms with van der Waals surface area (Å²) in [6, 6.07) is 12.1. The van der Waals surface area contributed by atoms with Gasteiger partial charge in [0.15, 0.2) is 0 Å². The van der Waals surface area contributed by atoms with E-state index in [0.29, 0.717) is 0 Å². The van der Waals surface area contributed by atoms with Crippen LogP contribution in [-0.2, 0) is 6.54 Å². The Bertz CT molecular complexity index is 662. The molecule has 3 rings (SSSR count). The second-order valence-corrected chi connectivity index (χ2v) is 5.11. The van der Waals surface area contributed by atoms with Gasteiger partial charge in [0.2, 0.25) is 0 Å². The van der Waals surface area contributed by atoms with E-state index in [-0.39, 0.29) is 0 Å². The van der Waals surface area contributed by atoms with Crippen molar-refractivity contribution in [3.05, 3.63) is 52.3 Å². The van der Waals surface area contributed by atoms with Crippen LogP contribution in [0.4, 0.5) is 5.82 Å². The van der Waals surface area contributed by atoms with Crippen LogP contribution < -0.4 is 5.32 Å². The zero-order chi connectivity index (χ0) is 12.4. The van der Waals surface area contributed by atoms with E-state index in [0.717, 1.165) is 29.1 Å². The fourth-order valence-electron chi connectivity index (χ4n) is 1.84.